The van der Waals surface area contributed by atoms with Crippen LogP contribution >= 0.6 is 0 Å². The molecule has 1 saturated heterocycles. The van der Waals surface area contributed by atoms with Gasteiger partial charge < -0.3 is 20.0 Å². The van der Waals surface area contributed by atoms with E-state index in [1.54, 1.807) is 66.8 Å². The Labute approximate surface area is 198 Å². The second-order valence-corrected chi connectivity index (χ2v) is 8.10. The quantitative estimate of drug-likeness (QED) is 0.615. The van der Waals surface area contributed by atoms with E-state index in [1.165, 1.54) is 4.90 Å². The molecule has 3 amide bonds. The number of piperazine rings is 1. The first-order valence-corrected chi connectivity index (χ1v) is 11.2. The van der Waals surface area contributed by atoms with Crippen molar-refractivity contribution in [2.75, 3.05) is 50.0 Å². The summed E-state index contributed by atoms with van der Waals surface area (Å²) in [4.78, 5) is 47.5. The Bertz CT molecular complexity index is 1150. The number of hydrogen-bond donors (Lipinski definition) is 1. The van der Waals surface area contributed by atoms with Gasteiger partial charge in [0.1, 0.15) is 0 Å². The van der Waals surface area contributed by atoms with Crippen LogP contribution in [0.15, 0.2) is 79.1 Å². The van der Waals surface area contributed by atoms with Crippen molar-refractivity contribution in [2.24, 2.45) is 0 Å². The molecule has 4 rings (SSSR count). The van der Waals surface area contributed by atoms with E-state index in [-0.39, 0.29) is 24.3 Å². The molecule has 0 bridgehead atoms. The lowest BCUT2D eigenvalue weighted by atomic mass is 10.1. The number of rotatable bonds is 6. The molecule has 2 heterocycles. The summed E-state index contributed by atoms with van der Waals surface area (Å²) >= 11 is 0. The number of aromatic nitrogens is 1. The number of amides is 3. The minimum atomic E-state index is -0.193. The van der Waals surface area contributed by atoms with Crippen molar-refractivity contribution in [3.05, 3.63) is 90.3 Å². The molecule has 0 saturated carbocycles. The smallest absolute Gasteiger partial charge is 0.257 e. The zero-order valence-electron chi connectivity index (χ0n) is 19.1. The summed E-state index contributed by atoms with van der Waals surface area (Å²) in [6, 6.07) is 19.9. The summed E-state index contributed by atoms with van der Waals surface area (Å²) in [5, 5.41) is 2.90. The molecule has 1 aliphatic rings. The fourth-order valence-electron chi connectivity index (χ4n) is 3.95. The number of nitrogens with zero attached hydrogens (tertiary/aromatic N) is 4. The number of likely N-dealkylation sites (N-methyl/N-ethyl adjacent to an activating group) is 1. The van der Waals surface area contributed by atoms with E-state index in [9.17, 15) is 14.4 Å². The van der Waals surface area contributed by atoms with Crippen LogP contribution in [0.2, 0.25) is 0 Å². The van der Waals surface area contributed by atoms with Gasteiger partial charge >= 0.3 is 0 Å². The minimum Gasteiger partial charge on any atom is -0.367 e. The van der Waals surface area contributed by atoms with Crippen LogP contribution in [0.25, 0.3) is 0 Å². The number of para-hydroxylation sites is 1. The van der Waals surface area contributed by atoms with E-state index in [2.05, 4.69) is 15.2 Å². The first-order valence-electron chi connectivity index (χ1n) is 11.2. The molecule has 0 atom stereocenters. The fourth-order valence-corrected chi connectivity index (χ4v) is 3.95. The standard InChI is InChI=1S/C26H27N5O3/c1-29(26(34)20-7-3-2-4-8-20)19-24(32)31-17-15-30(16-18-31)23-10-6-5-9-22(23)25(33)28-21-11-13-27-14-12-21/h2-14H,15-19H2,1H3,(H,27,28,33). The van der Waals surface area contributed by atoms with Crippen molar-refractivity contribution < 1.29 is 14.4 Å². The Balaban J connectivity index is 1.35. The molecule has 174 valence electrons. The van der Waals surface area contributed by atoms with E-state index in [0.717, 1.165) is 5.69 Å². The van der Waals surface area contributed by atoms with Crippen LogP contribution in [0.4, 0.5) is 11.4 Å². The molecule has 2 aromatic carbocycles. The number of carbonyl (C=O) groups is 3. The molecule has 0 radical (unpaired) electrons. The third-order valence-corrected chi connectivity index (χ3v) is 5.80. The van der Waals surface area contributed by atoms with Gasteiger partial charge in [-0.05, 0) is 36.4 Å². The molecular formula is C26H27N5O3. The monoisotopic (exact) mass is 457 g/mol. The lowest BCUT2D eigenvalue weighted by molar-refractivity contribution is -0.131. The van der Waals surface area contributed by atoms with Crippen LogP contribution in [0.5, 0.6) is 0 Å². The first kappa shape index (κ1) is 23.0. The maximum Gasteiger partial charge on any atom is 0.257 e. The Morgan fingerprint density at radius 2 is 1.53 bits per heavy atom. The van der Waals surface area contributed by atoms with E-state index >= 15 is 0 Å². The predicted octanol–water partition coefficient (Wildman–Crippen LogP) is 2.75. The van der Waals surface area contributed by atoms with Crippen LogP contribution < -0.4 is 10.2 Å². The van der Waals surface area contributed by atoms with Gasteiger partial charge in [-0.1, -0.05) is 30.3 Å². The highest BCUT2D eigenvalue weighted by Crippen LogP contribution is 2.23. The molecule has 0 spiro atoms. The Kier molecular flexibility index (Phi) is 7.17. The van der Waals surface area contributed by atoms with Crippen LogP contribution in [0, 0.1) is 0 Å². The minimum absolute atomic E-state index is 0.0264. The van der Waals surface area contributed by atoms with Crippen LogP contribution in [-0.2, 0) is 4.79 Å². The maximum absolute atomic E-state index is 12.9. The molecule has 3 aromatic rings. The molecule has 1 fully saturated rings. The number of carbonyl (C=O) groups excluding carboxylic acids is 3. The lowest BCUT2D eigenvalue weighted by Gasteiger charge is -2.37. The van der Waals surface area contributed by atoms with Gasteiger partial charge in [-0.15, -0.1) is 0 Å². The number of anilines is 2. The van der Waals surface area contributed by atoms with E-state index in [4.69, 9.17) is 0 Å². The normalized spacial score (nSPS) is 13.3. The zero-order valence-corrected chi connectivity index (χ0v) is 19.1. The van der Waals surface area contributed by atoms with Gasteiger partial charge in [0.25, 0.3) is 11.8 Å². The second kappa shape index (κ2) is 10.6. The summed E-state index contributed by atoms with van der Waals surface area (Å²) < 4.78 is 0. The maximum atomic E-state index is 12.9. The number of benzene rings is 2. The third-order valence-electron chi connectivity index (χ3n) is 5.80. The highest BCUT2D eigenvalue weighted by Gasteiger charge is 2.25. The van der Waals surface area contributed by atoms with Crippen LogP contribution in [-0.4, -0.2) is 72.3 Å². The van der Waals surface area contributed by atoms with Gasteiger partial charge in [0.15, 0.2) is 0 Å². The lowest BCUT2D eigenvalue weighted by Crippen LogP contribution is -2.51. The molecule has 0 aliphatic carbocycles. The molecule has 8 nitrogen and oxygen atoms in total. The van der Waals surface area contributed by atoms with Crippen molar-refractivity contribution in [2.45, 2.75) is 0 Å². The second-order valence-electron chi connectivity index (χ2n) is 8.10. The summed E-state index contributed by atoms with van der Waals surface area (Å²) in [5.41, 5.74) is 2.65. The molecule has 1 aliphatic heterocycles. The average molecular weight is 458 g/mol. The van der Waals surface area contributed by atoms with Gasteiger partial charge in [0.05, 0.1) is 12.1 Å². The number of pyridine rings is 1. The molecule has 8 heteroatoms. The summed E-state index contributed by atoms with van der Waals surface area (Å²) in [5.74, 6) is -0.460. The predicted molar refractivity (Wildman–Crippen MR) is 131 cm³/mol. The Hall–Kier alpha value is -4.20. The van der Waals surface area contributed by atoms with Crippen molar-refractivity contribution in [1.82, 2.24) is 14.8 Å². The van der Waals surface area contributed by atoms with Crippen molar-refractivity contribution >= 4 is 29.1 Å². The average Bonchev–Trinajstić information content (AvgIpc) is 2.89. The topological polar surface area (TPSA) is 85.8 Å². The van der Waals surface area contributed by atoms with Gasteiger partial charge in [-0.25, -0.2) is 0 Å². The van der Waals surface area contributed by atoms with E-state index in [1.807, 2.05) is 24.3 Å². The Morgan fingerprint density at radius 3 is 2.24 bits per heavy atom. The summed E-state index contributed by atoms with van der Waals surface area (Å²) in [6.45, 7) is 2.26. The van der Waals surface area contributed by atoms with Gasteiger partial charge in [-0.3, -0.25) is 19.4 Å². The number of hydrogen-bond acceptors (Lipinski definition) is 5. The molecule has 0 unspecified atom stereocenters. The summed E-state index contributed by atoms with van der Waals surface area (Å²) in [6.07, 6.45) is 3.26. The highest BCUT2D eigenvalue weighted by atomic mass is 16.2. The number of nitrogens with one attached hydrogen (secondary N) is 1. The largest absolute Gasteiger partial charge is 0.367 e. The third kappa shape index (κ3) is 5.40. The molecule has 1 N–H and O–H groups in total. The van der Waals surface area contributed by atoms with Gasteiger partial charge in [0, 0.05) is 62.6 Å². The van der Waals surface area contributed by atoms with Crippen molar-refractivity contribution in [1.29, 1.82) is 0 Å². The van der Waals surface area contributed by atoms with Crippen LogP contribution in [0.1, 0.15) is 20.7 Å². The fraction of sp³-hybridized carbons (Fsp3) is 0.231. The first-order chi connectivity index (χ1) is 16.5. The van der Waals surface area contributed by atoms with Crippen LogP contribution in [0.3, 0.4) is 0 Å². The molecule has 34 heavy (non-hydrogen) atoms. The zero-order chi connectivity index (χ0) is 23.9. The highest BCUT2D eigenvalue weighted by molar-refractivity contribution is 6.08. The van der Waals surface area contributed by atoms with E-state index < -0.39 is 0 Å². The SMILES string of the molecule is CN(CC(=O)N1CCN(c2ccccc2C(=O)Nc2ccncc2)CC1)C(=O)c1ccccc1. The van der Waals surface area contributed by atoms with Gasteiger partial charge in [-0.2, -0.15) is 0 Å². The van der Waals surface area contributed by atoms with Gasteiger partial charge in [0.2, 0.25) is 5.91 Å². The van der Waals surface area contributed by atoms with Crippen molar-refractivity contribution in [3.63, 3.8) is 0 Å². The van der Waals surface area contributed by atoms with Crippen molar-refractivity contribution in [3.8, 4) is 0 Å². The summed E-state index contributed by atoms with van der Waals surface area (Å²) in [7, 11) is 1.64. The Morgan fingerprint density at radius 1 is 0.882 bits per heavy atom. The molecule has 1 aromatic heterocycles. The molecular weight excluding hydrogens is 430 g/mol. The van der Waals surface area contributed by atoms with E-state index in [0.29, 0.717) is 43.0 Å².